The van der Waals surface area contributed by atoms with Gasteiger partial charge in [-0.05, 0) is 31.4 Å². The molecule has 0 unspecified atom stereocenters. The Morgan fingerprint density at radius 1 is 1.56 bits per heavy atom. The van der Waals surface area contributed by atoms with E-state index in [1.54, 1.807) is 0 Å². The molecule has 1 amide bonds. The number of carbonyl (C=O) groups is 1. The number of nitrogens with one attached hydrogen (secondary N) is 1. The van der Waals surface area contributed by atoms with Crippen molar-refractivity contribution < 1.29 is 4.79 Å². The summed E-state index contributed by atoms with van der Waals surface area (Å²) in [5.74, 6) is 0.872. The molecule has 1 aliphatic heterocycles. The number of aromatic nitrogens is 1. The summed E-state index contributed by atoms with van der Waals surface area (Å²) in [4.78, 5) is 17.2. The van der Waals surface area contributed by atoms with Gasteiger partial charge < -0.3 is 10.2 Å². The number of hydrogen-bond acceptors (Lipinski definition) is 3. The average molecular weight is 219 g/mol. The van der Waals surface area contributed by atoms with Gasteiger partial charge in [0.1, 0.15) is 5.82 Å². The fraction of sp³-hybridized carbons (Fsp3) is 0.500. The largest absolute Gasteiger partial charge is 0.373 e. The van der Waals surface area contributed by atoms with Crippen LogP contribution in [0.3, 0.4) is 0 Å². The molecule has 1 aliphatic rings. The molecule has 0 saturated carbocycles. The summed E-state index contributed by atoms with van der Waals surface area (Å²) < 4.78 is 0. The number of carbonyl (C=O) groups excluding carboxylic acids is 1. The van der Waals surface area contributed by atoms with Gasteiger partial charge in [-0.15, -0.1) is 0 Å². The van der Waals surface area contributed by atoms with E-state index in [1.165, 1.54) is 5.56 Å². The van der Waals surface area contributed by atoms with Gasteiger partial charge in [-0.1, -0.05) is 6.07 Å². The molecular weight excluding hydrogens is 202 g/mol. The van der Waals surface area contributed by atoms with Crippen LogP contribution in [-0.2, 0) is 4.79 Å². The lowest BCUT2D eigenvalue weighted by molar-refractivity contribution is -0.118. The van der Waals surface area contributed by atoms with Crippen molar-refractivity contribution in [1.82, 2.24) is 9.88 Å². The van der Waals surface area contributed by atoms with Crippen LogP contribution in [0.25, 0.3) is 0 Å². The van der Waals surface area contributed by atoms with Gasteiger partial charge in [0, 0.05) is 19.3 Å². The maximum atomic E-state index is 10.9. The van der Waals surface area contributed by atoms with Crippen molar-refractivity contribution in [2.75, 3.05) is 18.9 Å². The third-order valence-electron chi connectivity index (χ3n) is 3.17. The number of nitrogens with zero attached hydrogens (tertiary/aromatic N) is 2. The van der Waals surface area contributed by atoms with Crippen LogP contribution in [0.1, 0.15) is 30.1 Å². The number of aryl methyl sites for hydroxylation is 1. The predicted molar refractivity (Wildman–Crippen MR) is 63.3 cm³/mol. The summed E-state index contributed by atoms with van der Waals surface area (Å²) >= 11 is 0. The predicted octanol–water partition coefficient (Wildman–Crippen LogP) is 1.73. The summed E-state index contributed by atoms with van der Waals surface area (Å²) in [6.45, 7) is 2.86. The van der Waals surface area contributed by atoms with Crippen molar-refractivity contribution >= 4 is 12.2 Å². The van der Waals surface area contributed by atoms with Crippen molar-refractivity contribution in [3.63, 3.8) is 0 Å². The van der Waals surface area contributed by atoms with E-state index in [0.717, 1.165) is 37.3 Å². The lowest BCUT2D eigenvalue weighted by atomic mass is 10.0. The van der Waals surface area contributed by atoms with E-state index < -0.39 is 0 Å². The minimum Gasteiger partial charge on any atom is -0.373 e. The smallest absolute Gasteiger partial charge is 0.210 e. The summed E-state index contributed by atoms with van der Waals surface area (Å²) in [6, 6.07) is 4.25. The van der Waals surface area contributed by atoms with E-state index >= 15 is 0 Å². The zero-order chi connectivity index (χ0) is 11.5. The van der Waals surface area contributed by atoms with Crippen molar-refractivity contribution in [2.45, 2.75) is 25.8 Å². The number of amides is 1. The summed E-state index contributed by atoms with van der Waals surface area (Å²) in [5.41, 5.74) is 2.18. The number of rotatable bonds is 3. The maximum Gasteiger partial charge on any atom is 0.210 e. The second-order valence-electron chi connectivity index (χ2n) is 4.12. The molecule has 0 bridgehead atoms. The topological polar surface area (TPSA) is 45.2 Å². The minimum absolute atomic E-state index is 0.218. The van der Waals surface area contributed by atoms with E-state index in [-0.39, 0.29) is 6.04 Å². The average Bonchev–Trinajstić information content (AvgIpc) is 2.76. The molecule has 4 nitrogen and oxygen atoms in total. The van der Waals surface area contributed by atoms with Gasteiger partial charge in [-0.2, -0.15) is 0 Å². The van der Waals surface area contributed by atoms with Crippen LogP contribution in [0.2, 0.25) is 0 Å². The molecule has 2 heterocycles. The van der Waals surface area contributed by atoms with Gasteiger partial charge >= 0.3 is 0 Å². The number of hydrogen-bond donors (Lipinski definition) is 1. The molecular formula is C12H17N3O. The van der Waals surface area contributed by atoms with Crippen molar-refractivity contribution in [3.05, 3.63) is 23.4 Å². The van der Waals surface area contributed by atoms with Crippen LogP contribution >= 0.6 is 0 Å². The first-order chi connectivity index (χ1) is 7.76. The minimum atomic E-state index is 0.218. The van der Waals surface area contributed by atoms with Crippen molar-refractivity contribution in [2.24, 2.45) is 0 Å². The van der Waals surface area contributed by atoms with Crippen molar-refractivity contribution in [1.29, 1.82) is 0 Å². The second kappa shape index (κ2) is 4.51. The molecule has 0 aromatic carbocycles. The third-order valence-corrected chi connectivity index (χ3v) is 3.17. The third kappa shape index (κ3) is 1.87. The molecule has 1 N–H and O–H groups in total. The maximum absolute atomic E-state index is 10.9. The second-order valence-corrected chi connectivity index (χ2v) is 4.12. The molecule has 86 valence electrons. The molecule has 1 aromatic heterocycles. The molecule has 0 aliphatic carbocycles. The Hall–Kier alpha value is -1.58. The number of pyridine rings is 1. The van der Waals surface area contributed by atoms with E-state index in [2.05, 4.69) is 16.4 Å². The number of likely N-dealkylation sites (tertiary alicyclic amines) is 1. The first-order valence-corrected chi connectivity index (χ1v) is 5.62. The lowest BCUT2D eigenvalue weighted by Crippen LogP contribution is -2.22. The quantitative estimate of drug-likeness (QED) is 0.787. The Bertz CT molecular complexity index is 392. The zero-order valence-corrected chi connectivity index (χ0v) is 9.73. The zero-order valence-electron chi connectivity index (χ0n) is 9.73. The van der Waals surface area contributed by atoms with Gasteiger partial charge in [-0.25, -0.2) is 4.98 Å². The Balaban J connectivity index is 2.29. The number of anilines is 1. The Morgan fingerprint density at radius 3 is 3.00 bits per heavy atom. The highest BCUT2D eigenvalue weighted by atomic mass is 16.1. The highest BCUT2D eigenvalue weighted by Gasteiger charge is 2.26. The first-order valence-electron chi connectivity index (χ1n) is 5.62. The van der Waals surface area contributed by atoms with Gasteiger partial charge in [0.15, 0.2) is 0 Å². The molecule has 16 heavy (non-hydrogen) atoms. The molecule has 4 heteroatoms. The Morgan fingerprint density at radius 2 is 2.38 bits per heavy atom. The van der Waals surface area contributed by atoms with E-state index in [0.29, 0.717) is 0 Å². The van der Waals surface area contributed by atoms with Crippen LogP contribution < -0.4 is 5.32 Å². The van der Waals surface area contributed by atoms with E-state index in [4.69, 9.17) is 0 Å². The van der Waals surface area contributed by atoms with E-state index in [1.807, 2.05) is 24.9 Å². The fourth-order valence-electron chi connectivity index (χ4n) is 2.31. The van der Waals surface area contributed by atoms with Gasteiger partial charge in [0.2, 0.25) is 6.41 Å². The van der Waals surface area contributed by atoms with Crippen LogP contribution in [0.5, 0.6) is 0 Å². The van der Waals surface area contributed by atoms with Gasteiger partial charge in [-0.3, -0.25) is 4.79 Å². The van der Waals surface area contributed by atoms with Crippen LogP contribution in [0.15, 0.2) is 12.1 Å². The molecule has 1 aromatic rings. The van der Waals surface area contributed by atoms with Gasteiger partial charge in [0.25, 0.3) is 0 Å². The molecule has 0 radical (unpaired) electrons. The summed E-state index contributed by atoms with van der Waals surface area (Å²) in [7, 11) is 1.86. The van der Waals surface area contributed by atoms with Crippen LogP contribution in [0.4, 0.5) is 5.82 Å². The standard InChI is InChI=1S/C12H17N3O/c1-9-10(5-6-12(13-2)14-9)11-4-3-7-15(11)8-16/h5-6,8,11H,3-4,7H2,1-2H3,(H,13,14)/t11-/m1/s1. The lowest BCUT2D eigenvalue weighted by Gasteiger charge is -2.21. The molecule has 1 saturated heterocycles. The highest BCUT2D eigenvalue weighted by Crippen LogP contribution is 2.32. The monoisotopic (exact) mass is 219 g/mol. The Kier molecular flexibility index (Phi) is 3.08. The van der Waals surface area contributed by atoms with Crippen LogP contribution in [0, 0.1) is 6.92 Å². The molecule has 0 spiro atoms. The fourth-order valence-corrected chi connectivity index (χ4v) is 2.31. The van der Waals surface area contributed by atoms with Crippen LogP contribution in [-0.4, -0.2) is 29.9 Å². The SMILES string of the molecule is CNc1ccc([C@H]2CCCN2C=O)c(C)n1. The summed E-state index contributed by atoms with van der Waals surface area (Å²) in [6.07, 6.45) is 3.07. The molecule has 1 fully saturated rings. The molecule has 1 atom stereocenters. The van der Waals surface area contributed by atoms with Gasteiger partial charge in [0.05, 0.1) is 6.04 Å². The normalized spacial score (nSPS) is 19.9. The van der Waals surface area contributed by atoms with E-state index in [9.17, 15) is 4.79 Å². The van der Waals surface area contributed by atoms with Crippen molar-refractivity contribution in [3.8, 4) is 0 Å². The molecule has 2 rings (SSSR count). The highest BCUT2D eigenvalue weighted by molar-refractivity contribution is 5.50. The Labute approximate surface area is 95.7 Å². The summed E-state index contributed by atoms with van der Waals surface area (Å²) in [5, 5.41) is 3.02. The first kappa shape index (κ1) is 10.9.